The molecule has 2 nitrogen and oxygen atoms in total. The first kappa shape index (κ1) is 11.6. The van der Waals surface area contributed by atoms with Crippen LogP contribution in [0.1, 0.15) is 24.0 Å². The fraction of sp³-hybridized carbons (Fsp3) is 0.214. The fourth-order valence-corrected chi connectivity index (χ4v) is 1.94. The van der Waals surface area contributed by atoms with Crippen LogP contribution in [0, 0.1) is 12.7 Å². The monoisotopic (exact) mass is 232 g/mol. The Labute approximate surface area is 98.7 Å². The number of aliphatic carboxylic acids is 1. The van der Waals surface area contributed by atoms with E-state index >= 15 is 0 Å². The number of benzene rings is 2. The molecule has 3 heteroatoms. The maximum atomic E-state index is 13.1. The molecule has 0 saturated carbocycles. The topological polar surface area (TPSA) is 37.3 Å². The van der Waals surface area contributed by atoms with Gasteiger partial charge in [0.15, 0.2) is 0 Å². The van der Waals surface area contributed by atoms with Gasteiger partial charge in [-0.25, -0.2) is 4.39 Å². The smallest absolute Gasteiger partial charge is 0.310 e. The van der Waals surface area contributed by atoms with Crippen LogP contribution in [-0.4, -0.2) is 11.1 Å². The summed E-state index contributed by atoms with van der Waals surface area (Å²) in [6, 6.07) is 8.15. The lowest BCUT2D eigenvalue weighted by Crippen LogP contribution is -2.07. The van der Waals surface area contributed by atoms with Gasteiger partial charge in [-0.2, -0.15) is 0 Å². The summed E-state index contributed by atoms with van der Waals surface area (Å²) in [5.74, 6) is -1.69. The number of hydrogen-bond donors (Lipinski definition) is 1. The minimum Gasteiger partial charge on any atom is -0.481 e. The van der Waals surface area contributed by atoms with Crippen molar-refractivity contribution < 1.29 is 14.3 Å². The van der Waals surface area contributed by atoms with Gasteiger partial charge in [-0.1, -0.05) is 18.2 Å². The number of carboxylic acid groups (broad SMARTS) is 1. The maximum absolute atomic E-state index is 13.1. The van der Waals surface area contributed by atoms with Crippen LogP contribution in [0.25, 0.3) is 10.8 Å². The average molecular weight is 232 g/mol. The van der Waals surface area contributed by atoms with Crippen LogP contribution in [0.3, 0.4) is 0 Å². The minimum absolute atomic E-state index is 0.278. The summed E-state index contributed by atoms with van der Waals surface area (Å²) in [5.41, 5.74) is 1.64. The molecule has 1 atom stereocenters. The molecule has 0 radical (unpaired) electrons. The molecular formula is C14H13FO2. The van der Waals surface area contributed by atoms with Gasteiger partial charge in [-0.05, 0) is 47.9 Å². The molecule has 2 rings (SSSR count). The van der Waals surface area contributed by atoms with E-state index in [2.05, 4.69) is 0 Å². The van der Waals surface area contributed by atoms with E-state index in [4.69, 9.17) is 5.11 Å². The Morgan fingerprint density at radius 1 is 1.29 bits per heavy atom. The molecule has 0 bridgehead atoms. The molecule has 0 aromatic heterocycles. The Morgan fingerprint density at radius 2 is 2.00 bits per heavy atom. The van der Waals surface area contributed by atoms with Crippen LogP contribution >= 0.6 is 0 Å². The molecule has 0 heterocycles. The van der Waals surface area contributed by atoms with Crippen molar-refractivity contribution in [1.82, 2.24) is 0 Å². The Balaban J connectivity index is 2.63. The van der Waals surface area contributed by atoms with E-state index < -0.39 is 11.9 Å². The highest BCUT2D eigenvalue weighted by Gasteiger charge is 2.14. The van der Waals surface area contributed by atoms with Crippen molar-refractivity contribution in [3.8, 4) is 0 Å². The van der Waals surface area contributed by atoms with E-state index in [1.54, 1.807) is 25.1 Å². The lowest BCUT2D eigenvalue weighted by molar-refractivity contribution is -0.138. The quantitative estimate of drug-likeness (QED) is 0.860. The lowest BCUT2D eigenvalue weighted by Gasteiger charge is -2.10. The van der Waals surface area contributed by atoms with Crippen LogP contribution in [0.5, 0.6) is 0 Å². The van der Waals surface area contributed by atoms with E-state index in [1.807, 2.05) is 6.92 Å². The predicted molar refractivity (Wildman–Crippen MR) is 64.7 cm³/mol. The van der Waals surface area contributed by atoms with Crippen LogP contribution < -0.4 is 0 Å². The second kappa shape index (κ2) is 4.17. The molecule has 0 fully saturated rings. The number of rotatable bonds is 2. The van der Waals surface area contributed by atoms with Gasteiger partial charge in [0, 0.05) is 0 Å². The minimum atomic E-state index is -0.856. The highest BCUT2D eigenvalue weighted by Crippen LogP contribution is 2.26. The van der Waals surface area contributed by atoms with Gasteiger partial charge in [0.1, 0.15) is 5.82 Å². The van der Waals surface area contributed by atoms with Gasteiger partial charge in [-0.15, -0.1) is 0 Å². The molecule has 1 N–H and O–H groups in total. The predicted octanol–water partition coefficient (Wildman–Crippen LogP) is 3.48. The summed E-state index contributed by atoms with van der Waals surface area (Å²) in [7, 11) is 0. The number of aryl methyl sites for hydroxylation is 1. The molecule has 1 unspecified atom stereocenters. The number of carbonyl (C=O) groups is 1. The fourth-order valence-electron chi connectivity index (χ4n) is 1.94. The van der Waals surface area contributed by atoms with Crippen LogP contribution in [0.2, 0.25) is 0 Å². The first-order valence-corrected chi connectivity index (χ1v) is 5.41. The first-order valence-electron chi connectivity index (χ1n) is 5.41. The molecule has 0 amide bonds. The lowest BCUT2D eigenvalue weighted by atomic mass is 9.95. The van der Waals surface area contributed by atoms with E-state index in [0.717, 1.165) is 21.9 Å². The van der Waals surface area contributed by atoms with Crippen molar-refractivity contribution in [2.45, 2.75) is 19.8 Å². The van der Waals surface area contributed by atoms with Crippen molar-refractivity contribution in [3.63, 3.8) is 0 Å². The summed E-state index contributed by atoms with van der Waals surface area (Å²) in [6.07, 6.45) is 0. The van der Waals surface area contributed by atoms with Gasteiger partial charge >= 0.3 is 5.97 Å². The van der Waals surface area contributed by atoms with Gasteiger partial charge < -0.3 is 5.11 Å². The largest absolute Gasteiger partial charge is 0.481 e. The first-order chi connectivity index (χ1) is 7.99. The summed E-state index contributed by atoms with van der Waals surface area (Å²) in [6.45, 7) is 3.51. The van der Waals surface area contributed by atoms with Gasteiger partial charge in [0.05, 0.1) is 5.92 Å². The zero-order chi connectivity index (χ0) is 12.6. The standard InChI is InChI=1S/C14H13FO2/c1-8-5-11(9(2)14(16)17)6-10-3-4-12(15)7-13(8)10/h3-7,9H,1-2H3,(H,16,17). The van der Waals surface area contributed by atoms with Gasteiger partial charge in [0.2, 0.25) is 0 Å². The Kier molecular flexibility index (Phi) is 2.84. The molecular weight excluding hydrogens is 219 g/mol. The molecule has 0 aliphatic heterocycles. The second-order valence-electron chi connectivity index (χ2n) is 4.26. The Morgan fingerprint density at radius 3 is 2.65 bits per heavy atom. The van der Waals surface area contributed by atoms with Crippen molar-refractivity contribution >= 4 is 16.7 Å². The maximum Gasteiger partial charge on any atom is 0.310 e. The molecule has 2 aromatic carbocycles. The summed E-state index contributed by atoms with van der Waals surface area (Å²) in [4.78, 5) is 10.9. The molecule has 17 heavy (non-hydrogen) atoms. The number of halogens is 1. The van der Waals surface area contributed by atoms with E-state index in [1.165, 1.54) is 12.1 Å². The van der Waals surface area contributed by atoms with E-state index in [9.17, 15) is 9.18 Å². The second-order valence-corrected chi connectivity index (χ2v) is 4.26. The van der Waals surface area contributed by atoms with Crippen molar-refractivity contribution in [2.24, 2.45) is 0 Å². The average Bonchev–Trinajstić information content (AvgIpc) is 2.28. The molecule has 0 aliphatic carbocycles. The SMILES string of the molecule is Cc1cc(C(C)C(=O)O)cc2ccc(F)cc12. The molecule has 88 valence electrons. The summed E-state index contributed by atoms with van der Waals surface area (Å²) in [5, 5.41) is 10.7. The van der Waals surface area contributed by atoms with Gasteiger partial charge in [-0.3, -0.25) is 4.79 Å². The summed E-state index contributed by atoms with van der Waals surface area (Å²) >= 11 is 0. The van der Waals surface area contributed by atoms with Crippen LogP contribution in [-0.2, 0) is 4.79 Å². The molecule has 0 saturated heterocycles. The third-order valence-corrected chi connectivity index (χ3v) is 3.02. The van der Waals surface area contributed by atoms with Crippen LogP contribution in [0.15, 0.2) is 30.3 Å². The van der Waals surface area contributed by atoms with Gasteiger partial charge in [0.25, 0.3) is 0 Å². The van der Waals surface area contributed by atoms with Crippen LogP contribution in [0.4, 0.5) is 4.39 Å². The van der Waals surface area contributed by atoms with E-state index in [-0.39, 0.29) is 5.82 Å². The zero-order valence-electron chi connectivity index (χ0n) is 9.70. The number of fused-ring (bicyclic) bond motifs is 1. The normalized spacial score (nSPS) is 12.6. The van der Waals surface area contributed by atoms with E-state index in [0.29, 0.717) is 0 Å². The third-order valence-electron chi connectivity index (χ3n) is 3.02. The number of carboxylic acids is 1. The van der Waals surface area contributed by atoms with Crippen molar-refractivity contribution in [3.05, 3.63) is 47.3 Å². The number of hydrogen-bond acceptors (Lipinski definition) is 1. The molecule has 2 aromatic rings. The Bertz CT molecular complexity index is 590. The highest BCUT2D eigenvalue weighted by molar-refractivity contribution is 5.88. The highest BCUT2D eigenvalue weighted by atomic mass is 19.1. The third kappa shape index (κ3) is 2.13. The molecule has 0 aliphatic rings. The van der Waals surface area contributed by atoms with Crippen molar-refractivity contribution in [1.29, 1.82) is 0 Å². The van der Waals surface area contributed by atoms with Crippen molar-refractivity contribution in [2.75, 3.05) is 0 Å². The Hall–Kier alpha value is -1.90. The molecule has 0 spiro atoms. The zero-order valence-corrected chi connectivity index (χ0v) is 9.70. The summed E-state index contributed by atoms with van der Waals surface area (Å²) < 4.78 is 13.1.